The SMILES string of the molecule is C1=CC(c2ccsc2)ON1. The van der Waals surface area contributed by atoms with Gasteiger partial charge < -0.3 is 0 Å². The lowest BCUT2D eigenvalue weighted by Crippen LogP contribution is -2.02. The first-order valence-electron chi connectivity index (χ1n) is 3.07. The van der Waals surface area contributed by atoms with Gasteiger partial charge in [0.1, 0.15) is 6.10 Å². The second-order valence-electron chi connectivity index (χ2n) is 2.07. The zero-order valence-electron chi connectivity index (χ0n) is 5.28. The lowest BCUT2D eigenvalue weighted by Gasteiger charge is -2.02. The highest BCUT2D eigenvalue weighted by Gasteiger charge is 2.11. The van der Waals surface area contributed by atoms with Crippen LogP contribution < -0.4 is 5.48 Å². The Bertz CT molecular complexity index is 230. The van der Waals surface area contributed by atoms with Gasteiger partial charge in [0, 0.05) is 6.20 Å². The van der Waals surface area contributed by atoms with E-state index in [4.69, 9.17) is 4.84 Å². The predicted octanol–water partition coefficient (Wildman–Crippen LogP) is 1.84. The van der Waals surface area contributed by atoms with Crippen molar-refractivity contribution in [3.63, 3.8) is 0 Å². The van der Waals surface area contributed by atoms with E-state index in [0.717, 1.165) is 0 Å². The topological polar surface area (TPSA) is 21.3 Å². The molecule has 2 nitrogen and oxygen atoms in total. The molecular weight excluding hydrogens is 146 g/mol. The van der Waals surface area contributed by atoms with Crippen LogP contribution in [0.2, 0.25) is 0 Å². The highest BCUT2D eigenvalue weighted by Crippen LogP contribution is 2.22. The van der Waals surface area contributed by atoms with Crippen LogP contribution in [0.4, 0.5) is 0 Å². The summed E-state index contributed by atoms with van der Waals surface area (Å²) in [5.74, 6) is 0. The lowest BCUT2D eigenvalue weighted by molar-refractivity contribution is 0.0472. The quantitative estimate of drug-likeness (QED) is 0.664. The number of hydroxylamine groups is 1. The van der Waals surface area contributed by atoms with Crippen molar-refractivity contribution in [3.8, 4) is 0 Å². The maximum Gasteiger partial charge on any atom is 0.131 e. The Morgan fingerprint density at radius 3 is 3.20 bits per heavy atom. The maximum atomic E-state index is 5.14. The van der Waals surface area contributed by atoms with E-state index >= 15 is 0 Å². The van der Waals surface area contributed by atoms with Crippen molar-refractivity contribution >= 4 is 11.3 Å². The van der Waals surface area contributed by atoms with Crippen LogP contribution in [-0.2, 0) is 4.84 Å². The first-order chi connectivity index (χ1) is 4.97. The molecule has 1 aromatic rings. The summed E-state index contributed by atoms with van der Waals surface area (Å²) >= 11 is 1.68. The van der Waals surface area contributed by atoms with Gasteiger partial charge in [-0.15, -0.1) is 0 Å². The van der Waals surface area contributed by atoms with Crippen molar-refractivity contribution in [2.24, 2.45) is 0 Å². The van der Waals surface area contributed by atoms with Crippen molar-refractivity contribution in [2.45, 2.75) is 6.10 Å². The summed E-state index contributed by atoms with van der Waals surface area (Å²) in [5.41, 5.74) is 3.90. The van der Waals surface area contributed by atoms with E-state index in [0.29, 0.717) is 0 Å². The van der Waals surface area contributed by atoms with Crippen molar-refractivity contribution in [3.05, 3.63) is 34.7 Å². The van der Waals surface area contributed by atoms with E-state index in [-0.39, 0.29) is 6.10 Å². The van der Waals surface area contributed by atoms with Gasteiger partial charge in [-0.05, 0) is 28.5 Å². The van der Waals surface area contributed by atoms with E-state index in [1.54, 1.807) is 11.3 Å². The Labute approximate surface area is 63.1 Å². The summed E-state index contributed by atoms with van der Waals surface area (Å²) in [5, 5.41) is 4.13. The van der Waals surface area contributed by atoms with Crippen molar-refractivity contribution in [1.29, 1.82) is 0 Å². The van der Waals surface area contributed by atoms with Gasteiger partial charge in [-0.25, -0.2) is 0 Å². The molecule has 10 heavy (non-hydrogen) atoms. The van der Waals surface area contributed by atoms with Gasteiger partial charge in [0.05, 0.1) is 0 Å². The monoisotopic (exact) mass is 153 g/mol. The number of thiophene rings is 1. The molecule has 1 aliphatic heterocycles. The predicted molar refractivity (Wildman–Crippen MR) is 40.4 cm³/mol. The zero-order valence-corrected chi connectivity index (χ0v) is 6.10. The molecule has 0 aromatic carbocycles. The van der Waals surface area contributed by atoms with E-state index < -0.39 is 0 Å². The lowest BCUT2D eigenvalue weighted by atomic mass is 10.2. The van der Waals surface area contributed by atoms with Crippen LogP contribution in [0.15, 0.2) is 29.1 Å². The molecule has 0 saturated carbocycles. The number of nitrogens with one attached hydrogen (secondary N) is 1. The molecule has 1 atom stereocenters. The van der Waals surface area contributed by atoms with E-state index in [1.165, 1.54) is 5.56 Å². The van der Waals surface area contributed by atoms with Gasteiger partial charge in [-0.2, -0.15) is 11.3 Å². The molecule has 52 valence electrons. The van der Waals surface area contributed by atoms with Crippen LogP contribution in [0.5, 0.6) is 0 Å². The highest BCUT2D eigenvalue weighted by atomic mass is 32.1. The Morgan fingerprint density at radius 2 is 2.60 bits per heavy atom. The molecule has 0 radical (unpaired) electrons. The minimum Gasteiger partial charge on any atom is -0.274 e. The van der Waals surface area contributed by atoms with Crippen LogP contribution in [0, 0.1) is 0 Å². The third-order valence-corrected chi connectivity index (χ3v) is 2.11. The number of hydrogen-bond donors (Lipinski definition) is 1. The van der Waals surface area contributed by atoms with Crippen molar-refractivity contribution < 1.29 is 4.84 Å². The molecule has 0 spiro atoms. The van der Waals surface area contributed by atoms with Crippen LogP contribution in [-0.4, -0.2) is 0 Å². The molecule has 0 saturated heterocycles. The van der Waals surface area contributed by atoms with Crippen LogP contribution in [0.3, 0.4) is 0 Å². The average molecular weight is 153 g/mol. The standard InChI is InChI=1S/C7H7NOS/c1-3-8-9-7(1)6-2-4-10-5-6/h1-5,7-8H. The summed E-state index contributed by atoms with van der Waals surface area (Å²) < 4.78 is 0. The normalized spacial score (nSPS) is 23.0. The van der Waals surface area contributed by atoms with Gasteiger partial charge in [0.15, 0.2) is 0 Å². The van der Waals surface area contributed by atoms with Gasteiger partial charge in [0.25, 0.3) is 0 Å². The molecular formula is C7H7NOS. The average Bonchev–Trinajstić information content (AvgIpc) is 2.59. The maximum absolute atomic E-state index is 5.14. The number of rotatable bonds is 1. The van der Waals surface area contributed by atoms with E-state index in [2.05, 4.69) is 16.9 Å². The van der Waals surface area contributed by atoms with Gasteiger partial charge in [0.2, 0.25) is 0 Å². The molecule has 2 heterocycles. The number of hydrogen-bond acceptors (Lipinski definition) is 3. The Morgan fingerprint density at radius 1 is 1.60 bits per heavy atom. The van der Waals surface area contributed by atoms with Gasteiger partial charge in [-0.3, -0.25) is 10.3 Å². The first kappa shape index (κ1) is 5.95. The molecule has 2 rings (SSSR count). The van der Waals surface area contributed by atoms with Crippen LogP contribution >= 0.6 is 11.3 Å². The highest BCUT2D eigenvalue weighted by molar-refractivity contribution is 7.07. The molecule has 0 aliphatic carbocycles. The van der Waals surface area contributed by atoms with Gasteiger partial charge >= 0.3 is 0 Å². The molecule has 0 bridgehead atoms. The fourth-order valence-electron chi connectivity index (χ4n) is 0.895. The largest absolute Gasteiger partial charge is 0.274 e. The summed E-state index contributed by atoms with van der Waals surface area (Å²) in [6.07, 6.45) is 3.91. The fourth-order valence-corrected chi connectivity index (χ4v) is 1.58. The summed E-state index contributed by atoms with van der Waals surface area (Å²) in [6.45, 7) is 0. The first-order valence-corrected chi connectivity index (χ1v) is 4.01. The smallest absolute Gasteiger partial charge is 0.131 e. The van der Waals surface area contributed by atoms with Crippen molar-refractivity contribution in [2.75, 3.05) is 0 Å². The van der Waals surface area contributed by atoms with E-state index in [9.17, 15) is 0 Å². The van der Waals surface area contributed by atoms with Crippen LogP contribution in [0.1, 0.15) is 11.7 Å². The minimum atomic E-state index is 0.117. The second-order valence-corrected chi connectivity index (χ2v) is 2.85. The van der Waals surface area contributed by atoms with Crippen molar-refractivity contribution in [1.82, 2.24) is 5.48 Å². The molecule has 0 amide bonds. The zero-order chi connectivity index (χ0) is 6.81. The molecule has 0 fully saturated rings. The third kappa shape index (κ3) is 0.936. The molecule has 1 N–H and O–H groups in total. The Hall–Kier alpha value is -0.800. The Balaban J connectivity index is 2.20. The Kier molecular flexibility index (Phi) is 1.45. The summed E-state index contributed by atoms with van der Waals surface area (Å²) in [7, 11) is 0. The molecule has 3 heteroatoms. The molecule has 1 aliphatic rings. The van der Waals surface area contributed by atoms with Crippen LogP contribution in [0.25, 0.3) is 0 Å². The second kappa shape index (κ2) is 2.44. The van der Waals surface area contributed by atoms with Gasteiger partial charge in [-0.1, -0.05) is 0 Å². The fraction of sp³-hybridized carbons (Fsp3) is 0.143. The third-order valence-electron chi connectivity index (χ3n) is 1.41. The summed E-state index contributed by atoms with van der Waals surface area (Å²) in [4.78, 5) is 5.14. The van der Waals surface area contributed by atoms with E-state index in [1.807, 2.05) is 17.7 Å². The molecule has 1 unspecified atom stereocenters. The molecule has 1 aromatic heterocycles. The minimum absolute atomic E-state index is 0.117. The summed E-state index contributed by atoms with van der Waals surface area (Å²) in [6, 6.07) is 2.06.